The molecule has 2 rings (SSSR count). The molecule has 0 unspecified atom stereocenters. The zero-order valence-corrected chi connectivity index (χ0v) is 10.3. The Morgan fingerprint density at radius 3 is 2.89 bits per heavy atom. The minimum Gasteiger partial charge on any atom is -0.479 e. The molecule has 0 amide bonds. The van der Waals surface area contributed by atoms with Crippen molar-refractivity contribution in [1.82, 2.24) is 4.98 Å². The summed E-state index contributed by atoms with van der Waals surface area (Å²) in [6.45, 7) is 0.102. The van der Waals surface area contributed by atoms with Crippen LogP contribution in [0.2, 0.25) is 0 Å². The molecule has 19 heavy (non-hydrogen) atoms. The summed E-state index contributed by atoms with van der Waals surface area (Å²) in [7, 11) is 0. The van der Waals surface area contributed by atoms with Crippen LogP contribution < -0.4 is 4.74 Å². The van der Waals surface area contributed by atoms with Crippen molar-refractivity contribution in [2.45, 2.75) is 6.61 Å². The number of aromatic carboxylic acids is 1. The van der Waals surface area contributed by atoms with Gasteiger partial charge in [0.25, 0.3) is 0 Å². The number of hydrogen-bond donors (Lipinski definition) is 1. The van der Waals surface area contributed by atoms with Gasteiger partial charge in [0, 0.05) is 17.6 Å². The van der Waals surface area contributed by atoms with Gasteiger partial charge in [0.15, 0.2) is 5.75 Å². The fraction of sp³-hybridized carbons (Fsp3) is 0.0909. The molecule has 1 aromatic carbocycles. The molecule has 0 radical (unpaired) electrons. The number of nitro groups is 1. The van der Waals surface area contributed by atoms with Crippen LogP contribution in [-0.2, 0) is 6.61 Å². The van der Waals surface area contributed by atoms with E-state index in [2.05, 4.69) is 4.98 Å². The van der Waals surface area contributed by atoms with E-state index in [0.717, 1.165) is 6.07 Å². The molecule has 0 saturated heterocycles. The van der Waals surface area contributed by atoms with Gasteiger partial charge in [-0.15, -0.1) is 11.3 Å². The van der Waals surface area contributed by atoms with Crippen LogP contribution in [0.25, 0.3) is 0 Å². The Morgan fingerprint density at radius 2 is 2.32 bits per heavy atom. The summed E-state index contributed by atoms with van der Waals surface area (Å²) >= 11 is 1.36. The number of carboxylic acid groups (broad SMARTS) is 1. The van der Waals surface area contributed by atoms with Crippen LogP contribution in [-0.4, -0.2) is 21.0 Å². The highest BCUT2D eigenvalue weighted by molar-refractivity contribution is 7.09. The van der Waals surface area contributed by atoms with Gasteiger partial charge in [-0.25, -0.2) is 9.78 Å². The third-order valence-electron chi connectivity index (χ3n) is 2.24. The van der Waals surface area contributed by atoms with Gasteiger partial charge in [-0.2, -0.15) is 0 Å². The molecule has 7 nitrogen and oxygen atoms in total. The Hall–Kier alpha value is -2.48. The van der Waals surface area contributed by atoms with E-state index in [1.165, 1.54) is 23.5 Å². The number of ether oxygens (including phenoxy) is 1. The van der Waals surface area contributed by atoms with Crippen LogP contribution in [0.3, 0.4) is 0 Å². The average Bonchev–Trinajstić information content (AvgIpc) is 2.89. The van der Waals surface area contributed by atoms with Gasteiger partial charge in [-0.05, 0) is 12.1 Å². The first-order valence-corrected chi connectivity index (χ1v) is 5.99. The van der Waals surface area contributed by atoms with Crippen LogP contribution in [0.15, 0.2) is 29.8 Å². The maximum Gasteiger partial charge on any atom is 0.335 e. The molecule has 0 aliphatic heterocycles. The molecular weight excluding hydrogens is 272 g/mol. The number of benzene rings is 1. The summed E-state index contributed by atoms with van der Waals surface area (Å²) < 4.78 is 5.29. The lowest BCUT2D eigenvalue weighted by atomic mass is 10.2. The Bertz CT molecular complexity index is 612. The molecule has 2 aromatic rings. The first-order valence-electron chi connectivity index (χ1n) is 5.11. The fourth-order valence-corrected chi connectivity index (χ4v) is 1.91. The fourth-order valence-electron chi connectivity index (χ4n) is 1.38. The molecule has 0 saturated carbocycles. The van der Waals surface area contributed by atoms with Gasteiger partial charge < -0.3 is 9.84 Å². The van der Waals surface area contributed by atoms with Gasteiger partial charge in [0.1, 0.15) is 11.6 Å². The van der Waals surface area contributed by atoms with E-state index < -0.39 is 10.9 Å². The molecule has 0 aliphatic carbocycles. The van der Waals surface area contributed by atoms with E-state index in [0.29, 0.717) is 5.01 Å². The van der Waals surface area contributed by atoms with Crippen LogP contribution in [0.1, 0.15) is 15.4 Å². The molecule has 98 valence electrons. The van der Waals surface area contributed by atoms with E-state index in [1.54, 1.807) is 11.6 Å². The van der Waals surface area contributed by atoms with Crippen molar-refractivity contribution in [3.05, 3.63) is 50.5 Å². The van der Waals surface area contributed by atoms with Crippen LogP contribution in [0, 0.1) is 10.1 Å². The van der Waals surface area contributed by atoms with Gasteiger partial charge in [-0.3, -0.25) is 10.1 Å². The van der Waals surface area contributed by atoms with Gasteiger partial charge in [0.05, 0.1) is 10.5 Å². The van der Waals surface area contributed by atoms with Crippen molar-refractivity contribution in [2.24, 2.45) is 0 Å². The van der Waals surface area contributed by atoms with E-state index in [4.69, 9.17) is 9.84 Å². The highest BCUT2D eigenvalue weighted by Gasteiger charge is 2.18. The van der Waals surface area contributed by atoms with E-state index in [1.807, 2.05) is 0 Å². The predicted molar refractivity (Wildman–Crippen MR) is 66.5 cm³/mol. The number of carboxylic acids is 1. The standard InChI is InChI=1S/C11H8N2O5S/c14-11(15)7-1-2-9(8(5-7)13(16)17)18-6-10-12-3-4-19-10/h1-5H,6H2,(H,14,15). The molecule has 1 aromatic heterocycles. The molecule has 0 aliphatic rings. The lowest BCUT2D eigenvalue weighted by Gasteiger charge is -2.05. The molecule has 1 N–H and O–H groups in total. The number of rotatable bonds is 5. The van der Waals surface area contributed by atoms with Crippen molar-refractivity contribution in [1.29, 1.82) is 0 Å². The number of thiazole rings is 1. The quantitative estimate of drug-likeness (QED) is 0.666. The van der Waals surface area contributed by atoms with Crippen molar-refractivity contribution in [3.63, 3.8) is 0 Å². The average molecular weight is 280 g/mol. The molecule has 0 atom stereocenters. The number of carbonyl (C=O) groups is 1. The van der Waals surface area contributed by atoms with E-state index in [9.17, 15) is 14.9 Å². The summed E-state index contributed by atoms with van der Waals surface area (Å²) in [5.74, 6) is -1.21. The molecule has 8 heteroatoms. The van der Waals surface area contributed by atoms with Gasteiger partial charge in [-0.1, -0.05) is 0 Å². The smallest absolute Gasteiger partial charge is 0.335 e. The maximum atomic E-state index is 10.9. The highest BCUT2D eigenvalue weighted by atomic mass is 32.1. The minimum absolute atomic E-state index is 0.0187. The summed E-state index contributed by atoms with van der Waals surface area (Å²) in [6, 6.07) is 3.50. The third-order valence-corrected chi connectivity index (χ3v) is 2.99. The second kappa shape index (κ2) is 5.44. The highest BCUT2D eigenvalue weighted by Crippen LogP contribution is 2.28. The van der Waals surface area contributed by atoms with Crippen molar-refractivity contribution in [3.8, 4) is 5.75 Å². The molecular formula is C11H8N2O5S. The van der Waals surface area contributed by atoms with Crippen molar-refractivity contribution < 1.29 is 19.6 Å². The summed E-state index contributed by atoms with van der Waals surface area (Å²) in [5, 5.41) is 22.1. The topological polar surface area (TPSA) is 103 Å². The number of hydrogen-bond acceptors (Lipinski definition) is 6. The van der Waals surface area contributed by atoms with Crippen molar-refractivity contribution >= 4 is 23.0 Å². The van der Waals surface area contributed by atoms with E-state index in [-0.39, 0.29) is 23.6 Å². The Morgan fingerprint density at radius 1 is 1.53 bits per heavy atom. The second-order valence-corrected chi connectivity index (χ2v) is 4.44. The zero-order valence-electron chi connectivity index (χ0n) is 9.48. The zero-order chi connectivity index (χ0) is 13.8. The second-order valence-electron chi connectivity index (χ2n) is 3.46. The normalized spacial score (nSPS) is 10.1. The minimum atomic E-state index is -1.23. The summed E-state index contributed by atoms with van der Waals surface area (Å²) in [5.41, 5.74) is -0.537. The number of nitro benzene ring substituents is 1. The predicted octanol–water partition coefficient (Wildman–Crippen LogP) is 2.33. The molecule has 0 spiro atoms. The van der Waals surface area contributed by atoms with E-state index >= 15 is 0 Å². The largest absolute Gasteiger partial charge is 0.479 e. The SMILES string of the molecule is O=C(O)c1ccc(OCc2nccs2)c([N+](=O)[O-])c1. The van der Waals surface area contributed by atoms with Crippen LogP contribution in [0.4, 0.5) is 5.69 Å². The van der Waals surface area contributed by atoms with Crippen molar-refractivity contribution in [2.75, 3.05) is 0 Å². The maximum absolute atomic E-state index is 10.9. The van der Waals surface area contributed by atoms with Crippen LogP contribution in [0.5, 0.6) is 5.75 Å². The Labute approximate surface area is 111 Å². The summed E-state index contributed by atoms with van der Waals surface area (Å²) in [6.07, 6.45) is 1.60. The van der Waals surface area contributed by atoms with Gasteiger partial charge in [0.2, 0.25) is 0 Å². The third kappa shape index (κ3) is 3.05. The molecule has 0 fully saturated rings. The lowest BCUT2D eigenvalue weighted by molar-refractivity contribution is -0.386. The van der Waals surface area contributed by atoms with Gasteiger partial charge >= 0.3 is 11.7 Å². The Balaban J connectivity index is 2.24. The first-order chi connectivity index (χ1) is 9.08. The molecule has 0 bridgehead atoms. The lowest BCUT2D eigenvalue weighted by Crippen LogP contribution is -2.02. The first kappa shape index (κ1) is 13.0. The summed E-state index contributed by atoms with van der Waals surface area (Å²) in [4.78, 5) is 24.9. The monoisotopic (exact) mass is 280 g/mol. The Kier molecular flexibility index (Phi) is 3.71. The number of nitrogens with zero attached hydrogens (tertiary/aromatic N) is 2. The van der Waals surface area contributed by atoms with Crippen LogP contribution >= 0.6 is 11.3 Å². The number of aromatic nitrogens is 1. The molecule has 1 heterocycles.